The molecular formula is C15H25NO. The van der Waals surface area contributed by atoms with Crippen LogP contribution in [0.2, 0.25) is 0 Å². The second kappa shape index (κ2) is 6.65. The molecule has 1 rings (SSSR count). The van der Waals surface area contributed by atoms with E-state index in [4.69, 9.17) is 10.5 Å². The highest BCUT2D eigenvalue weighted by Gasteiger charge is 2.12. The van der Waals surface area contributed by atoms with Crippen LogP contribution >= 0.6 is 0 Å². The summed E-state index contributed by atoms with van der Waals surface area (Å²) in [5.41, 5.74) is 9.49. The normalized spacial score (nSPS) is 12.5. The summed E-state index contributed by atoms with van der Waals surface area (Å²) in [6.07, 6.45) is 3.47. The zero-order valence-electron chi connectivity index (χ0n) is 11.5. The Labute approximate surface area is 105 Å². The predicted molar refractivity (Wildman–Crippen MR) is 73.8 cm³/mol. The smallest absolute Gasteiger partial charge is 0.122 e. The third-order valence-corrected chi connectivity index (χ3v) is 3.47. The SMILES string of the molecule is COc1cc(C)c(C)cc1C(C)CCCCN. The van der Waals surface area contributed by atoms with E-state index in [-0.39, 0.29) is 0 Å². The van der Waals surface area contributed by atoms with E-state index >= 15 is 0 Å². The molecule has 0 aromatic heterocycles. The topological polar surface area (TPSA) is 35.2 Å². The van der Waals surface area contributed by atoms with Crippen LogP contribution in [-0.4, -0.2) is 13.7 Å². The summed E-state index contributed by atoms with van der Waals surface area (Å²) in [5.74, 6) is 1.56. The number of hydrogen-bond donors (Lipinski definition) is 1. The first-order valence-corrected chi connectivity index (χ1v) is 6.45. The summed E-state index contributed by atoms with van der Waals surface area (Å²) >= 11 is 0. The Balaban J connectivity index is 2.84. The van der Waals surface area contributed by atoms with Gasteiger partial charge < -0.3 is 10.5 Å². The first-order valence-electron chi connectivity index (χ1n) is 6.45. The third kappa shape index (κ3) is 3.74. The van der Waals surface area contributed by atoms with Crippen LogP contribution in [0, 0.1) is 13.8 Å². The van der Waals surface area contributed by atoms with E-state index in [0.717, 1.165) is 18.7 Å². The quantitative estimate of drug-likeness (QED) is 0.765. The molecule has 1 atom stereocenters. The van der Waals surface area contributed by atoms with Gasteiger partial charge in [-0.3, -0.25) is 0 Å². The highest BCUT2D eigenvalue weighted by molar-refractivity contribution is 5.43. The molecule has 0 bridgehead atoms. The van der Waals surface area contributed by atoms with E-state index in [2.05, 4.69) is 32.9 Å². The second-order valence-electron chi connectivity index (χ2n) is 4.86. The number of unbranched alkanes of at least 4 members (excludes halogenated alkanes) is 1. The van der Waals surface area contributed by atoms with Gasteiger partial charge in [0.05, 0.1) is 7.11 Å². The largest absolute Gasteiger partial charge is 0.496 e. The molecule has 0 aliphatic rings. The van der Waals surface area contributed by atoms with Crippen molar-refractivity contribution in [3.8, 4) is 5.75 Å². The number of ether oxygens (including phenoxy) is 1. The molecule has 0 radical (unpaired) electrons. The van der Waals surface area contributed by atoms with Gasteiger partial charge in [-0.25, -0.2) is 0 Å². The zero-order valence-corrected chi connectivity index (χ0v) is 11.5. The van der Waals surface area contributed by atoms with Crippen LogP contribution in [0.25, 0.3) is 0 Å². The Morgan fingerprint density at radius 2 is 1.82 bits per heavy atom. The first kappa shape index (κ1) is 14.0. The predicted octanol–water partition coefficient (Wildman–Crippen LogP) is 3.54. The summed E-state index contributed by atoms with van der Waals surface area (Å²) in [6, 6.07) is 4.41. The van der Waals surface area contributed by atoms with Crippen molar-refractivity contribution in [2.75, 3.05) is 13.7 Å². The molecule has 0 saturated heterocycles. The molecule has 0 saturated carbocycles. The van der Waals surface area contributed by atoms with Crippen molar-refractivity contribution < 1.29 is 4.74 Å². The molecule has 0 aliphatic heterocycles. The average Bonchev–Trinajstić information content (AvgIpc) is 2.32. The molecule has 0 fully saturated rings. The van der Waals surface area contributed by atoms with Crippen molar-refractivity contribution in [1.29, 1.82) is 0 Å². The van der Waals surface area contributed by atoms with Gasteiger partial charge in [0.2, 0.25) is 0 Å². The number of rotatable bonds is 6. The van der Waals surface area contributed by atoms with E-state index in [1.165, 1.54) is 29.5 Å². The van der Waals surface area contributed by atoms with Crippen LogP contribution in [0.3, 0.4) is 0 Å². The molecule has 2 N–H and O–H groups in total. The molecule has 0 amide bonds. The van der Waals surface area contributed by atoms with E-state index in [1.54, 1.807) is 7.11 Å². The zero-order chi connectivity index (χ0) is 12.8. The Bertz CT molecular complexity index is 360. The van der Waals surface area contributed by atoms with Gasteiger partial charge in [0.1, 0.15) is 5.75 Å². The maximum atomic E-state index is 5.53. The number of methoxy groups -OCH3 is 1. The average molecular weight is 235 g/mol. The summed E-state index contributed by atoms with van der Waals surface area (Å²) in [5, 5.41) is 0. The lowest BCUT2D eigenvalue weighted by molar-refractivity contribution is 0.404. The van der Waals surface area contributed by atoms with Crippen molar-refractivity contribution in [3.05, 3.63) is 28.8 Å². The van der Waals surface area contributed by atoms with Crippen LogP contribution in [0.5, 0.6) is 5.75 Å². The Morgan fingerprint density at radius 3 is 2.41 bits per heavy atom. The maximum absolute atomic E-state index is 5.53. The molecule has 17 heavy (non-hydrogen) atoms. The molecule has 0 aliphatic carbocycles. The lowest BCUT2D eigenvalue weighted by atomic mass is 9.92. The fraction of sp³-hybridized carbons (Fsp3) is 0.600. The molecule has 0 heterocycles. The molecule has 96 valence electrons. The van der Waals surface area contributed by atoms with Crippen molar-refractivity contribution >= 4 is 0 Å². The van der Waals surface area contributed by atoms with Gasteiger partial charge in [0.15, 0.2) is 0 Å². The van der Waals surface area contributed by atoms with Gasteiger partial charge in [-0.2, -0.15) is 0 Å². The number of nitrogens with two attached hydrogens (primary N) is 1. The summed E-state index contributed by atoms with van der Waals surface area (Å²) in [6.45, 7) is 7.34. The van der Waals surface area contributed by atoms with Crippen LogP contribution in [0.15, 0.2) is 12.1 Å². The van der Waals surface area contributed by atoms with Gasteiger partial charge in [-0.1, -0.05) is 19.4 Å². The Kier molecular flexibility index (Phi) is 5.49. The van der Waals surface area contributed by atoms with Gasteiger partial charge in [-0.05, 0) is 61.9 Å². The first-order chi connectivity index (χ1) is 8.10. The lowest BCUT2D eigenvalue weighted by Crippen LogP contribution is -2.02. The standard InChI is InChI=1S/C15H25NO/c1-11(7-5-6-8-16)14-9-12(2)13(3)10-15(14)17-4/h9-11H,5-8,16H2,1-4H3. The number of benzene rings is 1. The van der Waals surface area contributed by atoms with Gasteiger partial charge >= 0.3 is 0 Å². The molecule has 2 nitrogen and oxygen atoms in total. The summed E-state index contributed by atoms with van der Waals surface area (Å²) in [4.78, 5) is 0. The van der Waals surface area contributed by atoms with Crippen LogP contribution in [0.4, 0.5) is 0 Å². The minimum Gasteiger partial charge on any atom is -0.496 e. The Morgan fingerprint density at radius 1 is 1.18 bits per heavy atom. The molecule has 1 unspecified atom stereocenters. The monoisotopic (exact) mass is 235 g/mol. The summed E-state index contributed by atoms with van der Waals surface area (Å²) in [7, 11) is 1.75. The molecule has 2 heteroatoms. The van der Waals surface area contributed by atoms with Gasteiger partial charge in [0.25, 0.3) is 0 Å². The van der Waals surface area contributed by atoms with Crippen molar-refractivity contribution in [2.45, 2.75) is 46.0 Å². The maximum Gasteiger partial charge on any atom is 0.122 e. The van der Waals surface area contributed by atoms with E-state index < -0.39 is 0 Å². The van der Waals surface area contributed by atoms with Gasteiger partial charge in [0, 0.05) is 0 Å². The highest BCUT2D eigenvalue weighted by atomic mass is 16.5. The second-order valence-corrected chi connectivity index (χ2v) is 4.86. The highest BCUT2D eigenvalue weighted by Crippen LogP contribution is 2.32. The molecule has 1 aromatic carbocycles. The fourth-order valence-electron chi connectivity index (χ4n) is 2.12. The van der Waals surface area contributed by atoms with Crippen LogP contribution in [0.1, 0.15) is 48.8 Å². The lowest BCUT2D eigenvalue weighted by Gasteiger charge is -2.17. The van der Waals surface area contributed by atoms with Crippen LogP contribution < -0.4 is 10.5 Å². The minimum atomic E-state index is 0.538. The van der Waals surface area contributed by atoms with Crippen molar-refractivity contribution in [1.82, 2.24) is 0 Å². The fourth-order valence-corrected chi connectivity index (χ4v) is 2.12. The van der Waals surface area contributed by atoms with E-state index in [0.29, 0.717) is 5.92 Å². The van der Waals surface area contributed by atoms with E-state index in [9.17, 15) is 0 Å². The van der Waals surface area contributed by atoms with Crippen LogP contribution in [-0.2, 0) is 0 Å². The minimum absolute atomic E-state index is 0.538. The van der Waals surface area contributed by atoms with Gasteiger partial charge in [-0.15, -0.1) is 0 Å². The van der Waals surface area contributed by atoms with Crippen molar-refractivity contribution in [2.24, 2.45) is 5.73 Å². The Hall–Kier alpha value is -1.02. The molecular weight excluding hydrogens is 210 g/mol. The number of aryl methyl sites for hydroxylation is 2. The van der Waals surface area contributed by atoms with Crippen molar-refractivity contribution in [3.63, 3.8) is 0 Å². The summed E-state index contributed by atoms with van der Waals surface area (Å²) < 4.78 is 5.48. The molecule has 0 spiro atoms. The third-order valence-electron chi connectivity index (χ3n) is 3.47. The number of hydrogen-bond acceptors (Lipinski definition) is 2. The molecule has 1 aromatic rings. The van der Waals surface area contributed by atoms with E-state index in [1.807, 2.05) is 0 Å².